The minimum atomic E-state index is -0.105. The van der Waals surface area contributed by atoms with Crippen molar-refractivity contribution in [2.24, 2.45) is 11.7 Å². The maximum atomic E-state index is 11.6. The van der Waals surface area contributed by atoms with Crippen LogP contribution in [0.25, 0.3) is 0 Å². The first kappa shape index (κ1) is 8.01. The van der Waals surface area contributed by atoms with Crippen LogP contribution in [0.1, 0.15) is 12.8 Å². The Hall–Kier alpha value is -0.610. The third-order valence-electron chi connectivity index (χ3n) is 2.49. The molecule has 4 heteroatoms. The minimum Gasteiger partial charge on any atom is -0.325 e. The van der Waals surface area contributed by atoms with Gasteiger partial charge in [0.2, 0.25) is 5.91 Å². The highest BCUT2D eigenvalue weighted by molar-refractivity contribution is 5.81. The lowest BCUT2D eigenvalue weighted by Gasteiger charge is -2.33. The molecule has 1 aliphatic heterocycles. The zero-order valence-electron chi connectivity index (χ0n) is 7.12. The fourth-order valence-corrected chi connectivity index (χ4v) is 1.56. The van der Waals surface area contributed by atoms with Crippen molar-refractivity contribution < 1.29 is 4.79 Å². The Labute approximate surface area is 72.1 Å². The van der Waals surface area contributed by atoms with E-state index in [1.165, 1.54) is 0 Å². The lowest BCUT2D eigenvalue weighted by molar-refractivity contribution is -0.135. The fourth-order valence-electron chi connectivity index (χ4n) is 1.56. The number of piperazine rings is 1. The van der Waals surface area contributed by atoms with Gasteiger partial charge in [0.25, 0.3) is 0 Å². The van der Waals surface area contributed by atoms with E-state index >= 15 is 0 Å². The molecule has 1 atom stereocenters. The summed E-state index contributed by atoms with van der Waals surface area (Å²) in [6.45, 7) is 2.39. The highest BCUT2D eigenvalue weighted by Crippen LogP contribution is 2.31. The molecule has 0 aromatic rings. The number of nitrogens with one attached hydrogen (secondary N) is 1. The summed E-state index contributed by atoms with van der Waals surface area (Å²) in [5.74, 6) is 0.568. The molecular formula is C8H15N3O. The maximum absolute atomic E-state index is 11.6. The van der Waals surface area contributed by atoms with Gasteiger partial charge in [0.05, 0.1) is 6.17 Å². The van der Waals surface area contributed by atoms with E-state index in [2.05, 4.69) is 5.32 Å². The highest BCUT2D eigenvalue weighted by atomic mass is 16.2. The van der Waals surface area contributed by atoms with Gasteiger partial charge in [-0.05, 0) is 12.8 Å². The van der Waals surface area contributed by atoms with Crippen LogP contribution in [0.15, 0.2) is 0 Å². The minimum absolute atomic E-state index is 0.105. The summed E-state index contributed by atoms with van der Waals surface area (Å²) in [5.41, 5.74) is 5.79. The topological polar surface area (TPSA) is 58.4 Å². The van der Waals surface area contributed by atoms with Gasteiger partial charge in [-0.1, -0.05) is 0 Å². The zero-order chi connectivity index (χ0) is 8.55. The van der Waals surface area contributed by atoms with Crippen molar-refractivity contribution in [1.29, 1.82) is 0 Å². The Morgan fingerprint density at radius 2 is 2.25 bits per heavy atom. The molecule has 3 N–H and O–H groups in total. The Morgan fingerprint density at radius 1 is 1.50 bits per heavy atom. The zero-order valence-corrected chi connectivity index (χ0v) is 7.12. The highest BCUT2D eigenvalue weighted by Gasteiger charge is 2.35. The van der Waals surface area contributed by atoms with Crippen LogP contribution < -0.4 is 11.1 Å². The standard InChI is InChI=1S/C8H15N3O/c9-7-5-10-3-4-11(7)8(12)6-1-2-6/h6-7,10H,1-5,9H2. The second-order valence-corrected chi connectivity index (χ2v) is 3.58. The Morgan fingerprint density at radius 3 is 2.83 bits per heavy atom. The van der Waals surface area contributed by atoms with Crippen molar-refractivity contribution in [2.45, 2.75) is 19.0 Å². The Bertz CT molecular complexity index is 191. The maximum Gasteiger partial charge on any atom is 0.227 e. The third kappa shape index (κ3) is 1.44. The Balaban J connectivity index is 1.95. The molecule has 2 fully saturated rings. The van der Waals surface area contributed by atoms with Crippen molar-refractivity contribution >= 4 is 5.91 Å². The van der Waals surface area contributed by atoms with Crippen molar-refractivity contribution in [3.8, 4) is 0 Å². The molecule has 1 saturated carbocycles. The van der Waals surface area contributed by atoms with E-state index in [0.29, 0.717) is 5.92 Å². The largest absolute Gasteiger partial charge is 0.325 e. The normalized spacial score (nSPS) is 30.4. The number of nitrogens with zero attached hydrogens (tertiary/aromatic N) is 1. The monoisotopic (exact) mass is 169 g/mol. The van der Waals surface area contributed by atoms with Crippen molar-refractivity contribution in [3.05, 3.63) is 0 Å². The smallest absolute Gasteiger partial charge is 0.227 e. The van der Waals surface area contributed by atoms with Crippen LogP contribution in [0.3, 0.4) is 0 Å². The van der Waals surface area contributed by atoms with Crippen LogP contribution in [0.5, 0.6) is 0 Å². The van der Waals surface area contributed by atoms with E-state index in [-0.39, 0.29) is 12.1 Å². The SMILES string of the molecule is NC1CNCCN1C(=O)C1CC1. The van der Waals surface area contributed by atoms with Gasteiger partial charge in [-0.15, -0.1) is 0 Å². The van der Waals surface area contributed by atoms with Gasteiger partial charge in [-0.3, -0.25) is 4.79 Å². The third-order valence-corrected chi connectivity index (χ3v) is 2.49. The van der Waals surface area contributed by atoms with Crippen molar-refractivity contribution in [1.82, 2.24) is 10.2 Å². The van der Waals surface area contributed by atoms with Gasteiger partial charge >= 0.3 is 0 Å². The lowest BCUT2D eigenvalue weighted by Crippen LogP contribution is -2.58. The molecule has 1 unspecified atom stereocenters. The lowest BCUT2D eigenvalue weighted by atomic mass is 10.2. The van der Waals surface area contributed by atoms with Gasteiger partial charge in [0.15, 0.2) is 0 Å². The summed E-state index contributed by atoms with van der Waals surface area (Å²) in [5, 5.41) is 3.16. The van der Waals surface area contributed by atoms with Gasteiger partial charge in [0.1, 0.15) is 0 Å². The Kier molecular flexibility index (Phi) is 2.02. The molecule has 68 valence electrons. The molecule has 1 amide bonds. The van der Waals surface area contributed by atoms with Crippen LogP contribution in [-0.4, -0.2) is 36.6 Å². The van der Waals surface area contributed by atoms with E-state index in [9.17, 15) is 4.79 Å². The summed E-state index contributed by atoms with van der Waals surface area (Å²) >= 11 is 0. The molecular weight excluding hydrogens is 154 g/mol. The van der Waals surface area contributed by atoms with Gasteiger partial charge in [-0.25, -0.2) is 0 Å². The van der Waals surface area contributed by atoms with Crippen LogP contribution in [0, 0.1) is 5.92 Å². The molecule has 1 aliphatic carbocycles. The molecule has 0 radical (unpaired) electrons. The molecule has 0 aromatic heterocycles. The molecule has 1 heterocycles. The first-order valence-corrected chi connectivity index (χ1v) is 4.56. The summed E-state index contributed by atoms with van der Waals surface area (Å²) in [7, 11) is 0. The van der Waals surface area contributed by atoms with E-state index < -0.39 is 0 Å². The summed E-state index contributed by atoms with van der Waals surface area (Å²) in [4.78, 5) is 13.4. The van der Waals surface area contributed by atoms with Crippen LogP contribution in [0.4, 0.5) is 0 Å². The van der Waals surface area contributed by atoms with Gasteiger partial charge in [0, 0.05) is 25.6 Å². The van der Waals surface area contributed by atoms with Crippen LogP contribution in [-0.2, 0) is 4.79 Å². The van der Waals surface area contributed by atoms with Gasteiger partial charge < -0.3 is 16.0 Å². The number of nitrogens with two attached hydrogens (primary N) is 1. The first-order chi connectivity index (χ1) is 5.79. The van der Waals surface area contributed by atoms with Crippen molar-refractivity contribution in [3.63, 3.8) is 0 Å². The van der Waals surface area contributed by atoms with E-state index in [4.69, 9.17) is 5.73 Å². The van der Waals surface area contributed by atoms with Crippen molar-refractivity contribution in [2.75, 3.05) is 19.6 Å². The molecule has 1 saturated heterocycles. The molecule has 0 spiro atoms. The predicted molar refractivity (Wildman–Crippen MR) is 45.3 cm³/mol. The number of rotatable bonds is 1. The quantitative estimate of drug-likeness (QED) is 0.535. The van der Waals surface area contributed by atoms with E-state index in [1.807, 2.05) is 4.90 Å². The number of hydrogen-bond acceptors (Lipinski definition) is 3. The first-order valence-electron chi connectivity index (χ1n) is 4.56. The average Bonchev–Trinajstić information content (AvgIpc) is 2.86. The average molecular weight is 169 g/mol. The molecule has 2 rings (SSSR count). The summed E-state index contributed by atoms with van der Waals surface area (Å²) < 4.78 is 0. The van der Waals surface area contributed by atoms with Crippen LogP contribution in [0.2, 0.25) is 0 Å². The number of hydrogen-bond donors (Lipinski definition) is 2. The molecule has 2 aliphatic rings. The molecule has 0 aromatic carbocycles. The number of amides is 1. The molecule has 0 bridgehead atoms. The fraction of sp³-hybridized carbons (Fsp3) is 0.875. The predicted octanol–water partition coefficient (Wildman–Crippen LogP) is -0.887. The number of carbonyl (C=O) groups excluding carboxylic acids is 1. The number of carbonyl (C=O) groups is 1. The molecule has 12 heavy (non-hydrogen) atoms. The second kappa shape index (κ2) is 3.03. The summed E-state index contributed by atoms with van der Waals surface area (Å²) in [6, 6.07) is 0. The van der Waals surface area contributed by atoms with E-state index in [1.54, 1.807) is 0 Å². The molecule has 4 nitrogen and oxygen atoms in total. The summed E-state index contributed by atoms with van der Waals surface area (Å²) in [6.07, 6.45) is 2.03. The second-order valence-electron chi connectivity index (χ2n) is 3.58. The van der Waals surface area contributed by atoms with Gasteiger partial charge in [-0.2, -0.15) is 0 Å². The van der Waals surface area contributed by atoms with E-state index in [0.717, 1.165) is 32.5 Å². The van der Waals surface area contributed by atoms with Crippen LogP contribution >= 0.6 is 0 Å².